The molecule has 110 valence electrons. The van der Waals surface area contributed by atoms with Crippen molar-refractivity contribution in [1.82, 2.24) is 5.32 Å². The summed E-state index contributed by atoms with van der Waals surface area (Å²) < 4.78 is 16.2. The number of rotatable bonds is 7. The van der Waals surface area contributed by atoms with E-state index in [1.54, 1.807) is 24.3 Å². The molecule has 0 aliphatic heterocycles. The van der Waals surface area contributed by atoms with E-state index in [-0.39, 0.29) is 12.4 Å². The highest BCUT2D eigenvalue weighted by Crippen LogP contribution is 2.15. The van der Waals surface area contributed by atoms with Gasteiger partial charge < -0.3 is 15.2 Å². The van der Waals surface area contributed by atoms with Crippen LogP contribution in [0.1, 0.15) is 0 Å². The number of benzene rings is 1. The fourth-order valence-corrected chi connectivity index (χ4v) is 2.15. The Labute approximate surface area is 123 Å². The normalized spacial score (nSPS) is 13.3. The van der Waals surface area contributed by atoms with Crippen molar-refractivity contribution in [2.75, 3.05) is 18.6 Å². The number of nitrogens with one attached hydrogen (secondary N) is 1. The second-order valence-corrected chi connectivity index (χ2v) is 5.86. The van der Waals surface area contributed by atoms with Crippen LogP contribution in [0.25, 0.3) is 0 Å². The van der Waals surface area contributed by atoms with Gasteiger partial charge in [-0.3, -0.25) is 9.00 Å². The average Bonchev–Trinajstić information content (AvgIpc) is 2.36. The number of carbonyl (C=O) groups is 2. The molecule has 0 fully saturated rings. The summed E-state index contributed by atoms with van der Waals surface area (Å²) in [4.78, 5) is 22.4. The van der Waals surface area contributed by atoms with Crippen molar-refractivity contribution in [2.45, 2.75) is 6.04 Å². The Morgan fingerprint density at radius 3 is 2.50 bits per heavy atom. The Morgan fingerprint density at radius 1 is 1.40 bits per heavy atom. The third-order valence-corrected chi connectivity index (χ3v) is 3.27. The number of aliphatic carboxylic acids is 1. The Kier molecular flexibility index (Phi) is 6.47. The number of carboxylic acid groups (broad SMARTS) is 1. The predicted octanol–water partition coefficient (Wildman–Crippen LogP) is 0.667. The van der Waals surface area contributed by atoms with Gasteiger partial charge >= 0.3 is 5.97 Å². The number of amides is 1. The smallest absolute Gasteiger partial charge is 0.327 e. The summed E-state index contributed by atoms with van der Waals surface area (Å²) in [5, 5.41) is 11.7. The maximum Gasteiger partial charge on any atom is 0.327 e. The molecule has 20 heavy (non-hydrogen) atoms. The Bertz CT molecular complexity index is 505. The molecule has 0 saturated carbocycles. The molecule has 8 heteroatoms. The maximum atomic E-state index is 11.6. The molecular weight excluding hydrogens is 306 g/mol. The summed E-state index contributed by atoms with van der Waals surface area (Å²) in [5.74, 6) is -1.55. The van der Waals surface area contributed by atoms with E-state index in [4.69, 9.17) is 21.4 Å². The molecule has 0 saturated heterocycles. The second-order valence-electron chi connectivity index (χ2n) is 3.94. The fraction of sp³-hybridized carbons (Fsp3) is 0.333. The van der Waals surface area contributed by atoms with Gasteiger partial charge in [0, 0.05) is 22.1 Å². The molecule has 6 nitrogen and oxygen atoms in total. The van der Waals surface area contributed by atoms with Crippen molar-refractivity contribution in [3.05, 3.63) is 29.3 Å². The van der Waals surface area contributed by atoms with Crippen LogP contribution in [-0.2, 0) is 20.4 Å². The van der Waals surface area contributed by atoms with E-state index in [2.05, 4.69) is 5.32 Å². The van der Waals surface area contributed by atoms with Crippen molar-refractivity contribution in [2.24, 2.45) is 0 Å². The Balaban J connectivity index is 2.47. The molecule has 2 atom stereocenters. The minimum atomic E-state index is -1.33. The van der Waals surface area contributed by atoms with Gasteiger partial charge in [-0.05, 0) is 24.3 Å². The van der Waals surface area contributed by atoms with Gasteiger partial charge in [0.15, 0.2) is 6.61 Å². The molecule has 0 heterocycles. The average molecular weight is 320 g/mol. The third-order valence-electron chi connectivity index (χ3n) is 2.22. The van der Waals surface area contributed by atoms with E-state index in [0.29, 0.717) is 10.8 Å². The molecule has 0 bridgehead atoms. The summed E-state index contributed by atoms with van der Waals surface area (Å²) in [5.41, 5.74) is 0. The maximum absolute atomic E-state index is 11.6. The number of ether oxygens (including phenoxy) is 1. The number of carbonyl (C=O) groups excluding carboxylic acids is 1. The molecule has 0 aliphatic carbocycles. The minimum Gasteiger partial charge on any atom is -0.484 e. The molecule has 0 radical (unpaired) electrons. The largest absolute Gasteiger partial charge is 0.484 e. The zero-order valence-corrected chi connectivity index (χ0v) is 12.2. The van der Waals surface area contributed by atoms with Crippen molar-refractivity contribution in [3.8, 4) is 5.75 Å². The standard InChI is InChI=1S/C12H14ClNO5S/c1-20(18)7-10(12(16)17)14-11(15)6-19-9-4-2-8(13)3-5-9/h2-5,10H,6-7H2,1H3,(H,14,15)(H,16,17). The van der Waals surface area contributed by atoms with Crippen molar-refractivity contribution in [1.29, 1.82) is 0 Å². The van der Waals surface area contributed by atoms with Crippen LogP contribution in [0.3, 0.4) is 0 Å². The zero-order chi connectivity index (χ0) is 15.1. The van der Waals surface area contributed by atoms with Crippen molar-refractivity contribution in [3.63, 3.8) is 0 Å². The van der Waals surface area contributed by atoms with E-state index < -0.39 is 28.7 Å². The fourth-order valence-electron chi connectivity index (χ4n) is 1.33. The highest BCUT2D eigenvalue weighted by Gasteiger charge is 2.21. The molecule has 1 aromatic rings. The van der Waals surface area contributed by atoms with E-state index in [0.717, 1.165) is 0 Å². The highest BCUT2D eigenvalue weighted by atomic mass is 35.5. The van der Waals surface area contributed by atoms with Crippen LogP contribution in [0, 0.1) is 0 Å². The molecule has 2 unspecified atom stereocenters. The van der Waals surface area contributed by atoms with Gasteiger partial charge in [0.2, 0.25) is 0 Å². The summed E-state index contributed by atoms with van der Waals surface area (Å²) in [6.45, 7) is -0.332. The Hall–Kier alpha value is -1.60. The van der Waals surface area contributed by atoms with E-state index in [1.165, 1.54) is 6.26 Å². The monoisotopic (exact) mass is 319 g/mol. The lowest BCUT2D eigenvalue weighted by molar-refractivity contribution is -0.141. The minimum absolute atomic E-state index is 0.151. The van der Waals surface area contributed by atoms with Gasteiger partial charge in [-0.2, -0.15) is 0 Å². The first-order chi connectivity index (χ1) is 9.38. The lowest BCUT2D eigenvalue weighted by Crippen LogP contribution is -2.46. The molecule has 0 aromatic heterocycles. The van der Waals surface area contributed by atoms with Crippen LogP contribution in [0.4, 0.5) is 0 Å². The molecule has 1 rings (SSSR count). The molecule has 2 N–H and O–H groups in total. The van der Waals surface area contributed by atoms with Crippen LogP contribution >= 0.6 is 11.6 Å². The molecule has 0 aliphatic rings. The van der Waals surface area contributed by atoms with Crippen LogP contribution in [0.2, 0.25) is 5.02 Å². The summed E-state index contributed by atoms with van der Waals surface area (Å²) >= 11 is 5.70. The van der Waals surface area contributed by atoms with Gasteiger partial charge in [-0.25, -0.2) is 4.79 Å². The number of carboxylic acids is 1. The first-order valence-electron chi connectivity index (χ1n) is 5.59. The highest BCUT2D eigenvalue weighted by molar-refractivity contribution is 7.84. The number of halogens is 1. The summed E-state index contributed by atoms with van der Waals surface area (Å²) in [6, 6.07) is 5.20. The number of hydrogen-bond donors (Lipinski definition) is 2. The number of hydrogen-bond acceptors (Lipinski definition) is 4. The molecule has 1 amide bonds. The van der Waals surface area contributed by atoms with E-state index >= 15 is 0 Å². The lowest BCUT2D eigenvalue weighted by atomic mass is 10.3. The second kappa shape index (κ2) is 7.86. The van der Waals surface area contributed by atoms with Crippen LogP contribution in [0.15, 0.2) is 24.3 Å². The third kappa shape index (κ3) is 6.03. The predicted molar refractivity (Wildman–Crippen MR) is 75.4 cm³/mol. The van der Waals surface area contributed by atoms with Gasteiger partial charge in [0.05, 0.1) is 5.75 Å². The van der Waals surface area contributed by atoms with Crippen molar-refractivity contribution >= 4 is 34.3 Å². The zero-order valence-electron chi connectivity index (χ0n) is 10.7. The lowest BCUT2D eigenvalue weighted by Gasteiger charge is -2.13. The topological polar surface area (TPSA) is 92.7 Å². The SMILES string of the molecule is CS(=O)CC(NC(=O)COc1ccc(Cl)cc1)C(=O)O. The quantitative estimate of drug-likeness (QED) is 0.770. The van der Waals surface area contributed by atoms with E-state index in [1.807, 2.05) is 0 Å². The summed E-state index contributed by atoms with van der Waals surface area (Å²) in [6.07, 6.45) is 1.37. The van der Waals surface area contributed by atoms with Gasteiger partial charge in [-0.15, -0.1) is 0 Å². The van der Waals surface area contributed by atoms with Crippen LogP contribution < -0.4 is 10.1 Å². The van der Waals surface area contributed by atoms with Crippen molar-refractivity contribution < 1.29 is 23.6 Å². The first kappa shape index (κ1) is 16.5. The molecular formula is C12H14ClNO5S. The van der Waals surface area contributed by atoms with Gasteiger partial charge in [-0.1, -0.05) is 11.6 Å². The first-order valence-corrected chi connectivity index (χ1v) is 7.69. The van der Waals surface area contributed by atoms with Crippen LogP contribution in [0.5, 0.6) is 5.75 Å². The summed E-state index contributed by atoms with van der Waals surface area (Å²) in [7, 11) is -1.33. The molecule has 1 aromatic carbocycles. The molecule has 0 spiro atoms. The Morgan fingerprint density at radius 2 is 2.00 bits per heavy atom. The van der Waals surface area contributed by atoms with Crippen LogP contribution in [-0.4, -0.2) is 45.8 Å². The van der Waals surface area contributed by atoms with Gasteiger partial charge in [0.25, 0.3) is 5.91 Å². The van der Waals surface area contributed by atoms with Gasteiger partial charge in [0.1, 0.15) is 11.8 Å². The van der Waals surface area contributed by atoms with E-state index in [9.17, 15) is 13.8 Å².